The molecule has 8 nitrogen and oxygen atoms in total. The number of cyclic esters (lactones) is 1. The number of nitrogens with zero attached hydrogens (tertiary/aromatic N) is 3. The average Bonchev–Trinajstić information content (AvgIpc) is 3.11. The quantitative estimate of drug-likeness (QED) is 0.737. The van der Waals surface area contributed by atoms with Crippen molar-refractivity contribution in [1.82, 2.24) is 14.8 Å². The molecule has 8 heteroatoms. The van der Waals surface area contributed by atoms with E-state index in [1.165, 1.54) is 9.80 Å². The van der Waals surface area contributed by atoms with Crippen LogP contribution < -0.4 is 0 Å². The van der Waals surface area contributed by atoms with Crippen LogP contribution in [-0.4, -0.2) is 56.6 Å². The fraction of sp³-hybridized carbons (Fsp3) is 0.364. The molecule has 0 aliphatic carbocycles. The third-order valence-electron chi connectivity index (χ3n) is 5.68. The van der Waals surface area contributed by atoms with Crippen LogP contribution in [0.3, 0.4) is 0 Å². The zero-order valence-electron chi connectivity index (χ0n) is 16.7. The number of carboxylic acid groups (broad SMARTS) is 1. The minimum atomic E-state index is -1.08. The Hall–Kier alpha value is -3.42. The van der Waals surface area contributed by atoms with Crippen LogP contribution in [0.5, 0.6) is 0 Å². The second-order valence-electron chi connectivity index (χ2n) is 7.83. The van der Waals surface area contributed by atoms with Crippen molar-refractivity contribution in [2.75, 3.05) is 6.61 Å². The van der Waals surface area contributed by atoms with E-state index in [1.807, 2.05) is 30.3 Å². The van der Waals surface area contributed by atoms with E-state index in [-0.39, 0.29) is 12.5 Å². The van der Waals surface area contributed by atoms with Gasteiger partial charge in [-0.3, -0.25) is 14.7 Å². The van der Waals surface area contributed by atoms with Crippen LogP contribution in [0.2, 0.25) is 0 Å². The Labute approximate surface area is 174 Å². The van der Waals surface area contributed by atoms with Gasteiger partial charge in [-0.25, -0.2) is 9.59 Å². The van der Waals surface area contributed by atoms with Gasteiger partial charge in [0.2, 0.25) is 5.91 Å². The number of aromatic nitrogens is 1. The maximum Gasteiger partial charge on any atom is 0.411 e. The van der Waals surface area contributed by atoms with Gasteiger partial charge < -0.3 is 14.7 Å². The Balaban J connectivity index is 1.75. The van der Waals surface area contributed by atoms with Gasteiger partial charge in [-0.15, -0.1) is 0 Å². The molecule has 0 bridgehead atoms. The Bertz CT molecular complexity index is 950. The first-order valence-electron chi connectivity index (χ1n) is 9.87. The molecule has 30 heavy (non-hydrogen) atoms. The van der Waals surface area contributed by atoms with Gasteiger partial charge in [-0.2, -0.15) is 0 Å². The molecule has 0 spiro atoms. The highest BCUT2D eigenvalue weighted by Gasteiger charge is 2.60. The molecule has 2 fully saturated rings. The van der Waals surface area contributed by atoms with E-state index in [4.69, 9.17) is 4.74 Å². The number of ether oxygens (including phenoxy) is 1. The van der Waals surface area contributed by atoms with Crippen molar-refractivity contribution < 1.29 is 24.2 Å². The molecule has 1 aromatic carbocycles. The summed E-state index contributed by atoms with van der Waals surface area (Å²) in [6.45, 7) is 3.64. The highest BCUT2D eigenvalue weighted by atomic mass is 16.6. The van der Waals surface area contributed by atoms with Crippen LogP contribution in [0.4, 0.5) is 4.79 Å². The zero-order valence-corrected chi connectivity index (χ0v) is 16.7. The first kappa shape index (κ1) is 19.9. The average molecular weight is 409 g/mol. The van der Waals surface area contributed by atoms with Crippen LogP contribution in [0, 0.1) is 5.92 Å². The van der Waals surface area contributed by atoms with Gasteiger partial charge >= 0.3 is 12.1 Å². The lowest BCUT2D eigenvalue weighted by atomic mass is 9.84. The lowest BCUT2D eigenvalue weighted by Crippen LogP contribution is -2.70. The van der Waals surface area contributed by atoms with Crippen molar-refractivity contribution in [2.45, 2.75) is 38.0 Å². The van der Waals surface area contributed by atoms with E-state index in [2.05, 4.69) is 4.98 Å². The van der Waals surface area contributed by atoms with Crippen molar-refractivity contribution in [2.24, 2.45) is 5.92 Å². The number of amides is 2. The van der Waals surface area contributed by atoms with Crippen molar-refractivity contribution in [3.05, 3.63) is 66.0 Å². The van der Waals surface area contributed by atoms with Gasteiger partial charge in [-0.05, 0) is 23.6 Å². The number of hydrogen-bond acceptors (Lipinski definition) is 5. The summed E-state index contributed by atoms with van der Waals surface area (Å²) in [4.78, 5) is 45.0. The molecule has 0 unspecified atom stereocenters. The van der Waals surface area contributed by atoms with E-state index in [1.54, 1.807) is 38.2 Å². The summed E-state index contributed by atoms with van der Waals surface area (Å²) in [5, 5.41) is 9.78. The molecule has 2 amide bonds. The molecular formula is C22H23N3O5. The molecule has 0 radical (unpaired) electrons. The minimum Gasteiger partial charge on any atom is -0.480 e. The third-order valence-corrected chi connectivity index (χ3v) is 5.68. The van der Waals surface area contributed by atoms with Gasteiger partial charge in [0.15, 0.2) is 0 Å². The number of rotatable bonds is 6. The predicted molar refractivity (Wildman–Crippen MR) is 106 cm³/mol. The lowest BCUT2D eigenvalue weighted by molar-refractivity contribution is -0.174. The molecule has 1 N–H and O–H groups in total. The van der Waals surface area contributed by atoms with E-state index in [0.29, 0.717) is 5.69 Å². The summed E-state index contributed by atoms with van der Waals surface area (Å²) >= 11 is 0. The minimum absolute atomic E-state index is 0.133. The van der Waals surface area contributed by atoms with Crippen LogP contribution >= 0.6 is 0 Å². The summed E-state index contributed by atoms with van der Waals surface area (Å²) in [6, 6.07) is 11.6. The summed E-state index contributed by atoms with van der Waals surface area (Å²) in [5.41, 5.74) is 1.40. The lowest BCUT2D eigenvalue weighted by Gasteiger charge is -2.53. The monoisotopic (exact) mass is 409 g/mol. The van der Waals surface area contributed by atoms with Crippen molar-refractivity contribution in [3.63, 3.8) is 0 Å². The number of carbonyl (C=O) groups excluding carboxylic acids is 2. The normalized spacial score (nSPS) is 24.6. The van der Waals surface area contributed by atoms with Crippen LogP contribution in [0.25, 0.3) is 0 Å². The number of carbonyl (C=O) groups is 3. The first-order chi connectivity index (χ1) is 14.4. The van der Waals surface area contributed by atoms with Crippen LogP contribution in [-0.2, 0) is 14.3 Å². The number of benzene rings is 1. The standard InChI is InChI=1S/C22H23N3O5/c1-13(2)17(21(27)28)25-18(15-10-6-7-11-23-15)19(20(25)26)24-16(12-30-22(24)29)14-8-4-3-5-9-14/h3-11,13,16-19H,12H2,1-2H3,(H,27,28)/t16-,17+,18+,19-/m1/s1. The van der Waals surface area contributed by atoms with E-state index < -0.39 is 42.1 Å². The SMILES string of the molecule is CC(C)[C@@H](C(=O)O)N1C(=O)[C@H](N2C(=O)OC[C@@H]2c2ccccc2)[C@@H]1c1ccccn1. The maximum absolute atomic E-state index is 13.3. The number of carboxylic acids is 1. The van der Waals surface area contributed by atoms with Gasteiger partial charge in [0.1, 0.15) is 24.7 Å². The fourth-order valence-corrected chi connectivity index (χ4v) is 4.33. The van der Waals surface area contributed by atoms with Crippen molar-refractivity contribution in [1.29, 1.82) is 0 Å². The van der Waals surface area contributed by atoms with E-state index in [0.717, 1.165) is 5.56 Å². The smallest absolute Gasteiger partial charge is 0.411 e. The van der Waals surface area contributed by atoms with Crippen molar-refractivity contribution >= 4 is 18.0 Å². The summed E-state index contributed by atoms with van der Waals surface area (Å²) in [7, 11) is 0. The molecular weight excluding hydrogens is 386 g/mol. The number of pyridine rings is 1. The van der Waals surface area contributed by atoms with Gasteiger partial charge in [0.05, 0.1) is 11.7 Å². The molecule has 2 aliphatic heterocycles. The molecule has 4 rings (SSSR count). The second-order valence-corrected chi connectivity index (χ2v) is 7.83. The van der Waals surface area contributed by atoms with E-state index >= 15 is 0 Å². The molecule has 2 saturated heterocycles. The highest BCUT2D eigenvalue weighted by molar-refractivity contribution is 5.96. The van der Waals surface area contributed by atoms with Crippen LogP contribution in [0.15, 0.2) is 54.7 Å². The predicted octanol–water partition coefficient (Wildman–Crippen LogP) is 2.64. The Morgan fingerprint density at radius 2 is 1.80 bits per heavy atom. The Kier molecular flexibility index (Phi) is 5.15. The number of β-lactam (4-membered cyclic amide) rings is 1. The molecule has 0 saturated carbocycles. The van der Waals surface area contributed by atoms with Crippen molar-refractivity contribution in [3.8, 4) is 0 Å². The van der Waals surface area contributed by atoms with Crippen LogP contribution in [0.1, 0.15) is 37.2 Å². The molecule has 2 aromatic rings. The summed E-state index contributed by atoms with van der Waals surface area (Å²) < 4.78 is 5.29. The van der Waals surface area contributed by atoms with Gasteiger partial charge in [-0.1, -0.05) is 50.2 Å². The van der Waals surface area contributed by atoms with Gasteiger partial charge in [0.25, 0.3) is 0 Å². The zero-order chi connectivity index (χ0) is 21.4. The summed E-state index contributed by atoms with van der Waals surface area (Å²) in [6.07, 6.45) is 1.01. The molecule has 156 valence electrons. The number of likely N-dealkylation sites (tertiary alicyclic amines) is 1. The molecule has 1 aromatic heterocycles. The maximum atomic E-state index is 13.3. The largest absolute Gasteiger partial charge is 0.480 e. The number of hydrogen-bond donors (Lipinski definition) is 1. The second kappa shape index (κ2) is 7.78. The Morgan fingerprint density at radius 3 is 2.40 bits per heavy atom. The molecule has 2 aliphatic rings. The fourth-order valence-electron chi connectivity index (χ4n) is 4.33. The first-order valence-corrected chi connectivity index (χ1v) is 9.87. The summed E-state index contributed by atoms with van der Waals surface area (Å²) in [5.74, 6) is -1.80. The Morgan fingerprint density at radius 1 is 1.10 bits per heavy atom. The topological polar surface area (TPSA) is 100 Å². The van der Waals surface area contributed by atoms with E-state index in [9.17, 15) is 19.5 Å². The molecule has 4 atom stereocenters. The number of aliphatic carboxylic acids is 1. The molecule has 3 heterocycles. The third kappa shape index (κ3) is 3.18. The highest BCUT2D eigenvalue weighted by Crippen LogP contribution is 2.45. The van der Waals surface area contributed by atoms with Gasteiger partial charge in [0, 0.05) is 6.20 Å².